The van der Waals surface area contributed by atoms with Crippen molar-refractivity contribution in [3.8, 4) is 0 Å². The summed E-state index contributed by atoms with van der Waals surface area (Å²) in [5.41, 5.74) is 1.74. The molecule has 0 unspecified atom stereocenters. The first-order valence-electron chi connectivity index (χ1n) is 8.84. The van der Waals surface area contributed by atoms with Gasteiger partial charge < -0.3 is 0 Å². The molecule has 0 fully saturated rings. The molecule has 0 saturated heterocycles. The zero-order valence-corrected chi connectivity index (χ0v) is 18.3. The van der Waals surface area contributed by atoms with Gasteiger partial charge in [0.2, 0.25) is 5.13 Å². The van der Waals surface area contributed by atoms with Gasteiger partial charge in [-0.25, -0.2) is 8.42 Å². The molecular formula is C19H20N4O3S3. The van der Waals surface area contributed by atoms with E-state index in [1.807, 2.05) is 6.92 Å². The van der Waals surface area contributed by atoms with E-state index in [9.17, 15) is 13.2 Å². The van der Waals surface area contributed by atoms with Crippen molar-refractivity contribution in [3.63, 3.8) is 0 Å². The lowest BCUT2D eigenvalue weighted by atomic mass is 10.2. The average Bonchev–Trinajstić information content (AvgIpc) is 3.14. The van der Waals surface area contributed by atoms with Crippen molar-refractivity contribution in [1.29, 1.82) is 0 Å². The van der Waals surface area contributed by atoms with Crippen LogP contribution in [0.4, 0.5) is 10.8 Å². The third-order valence-corrected chi connectivity index (χ3v) is 7.36. The Morgan fingerprint density at radius 3 is 2.41 bits per heavy atom. The van der Waals surface area contributed by atoms with E-state index in [0.29, 0.717) is 16.4 Å². The minimum absolute atomic E-state index is 0.179. The molecule has 152 valence electrons. The number of sulfonamides is 1. The Kier molecular flexibility index (Phi) is 6.88. The van der Waals surface area contributed by atoms with Crippen LogP contribution in [0.5, 0.6) is 0 Å². The standard InChI is InChI=1S/C19H20N4O3S3/c1-3-12-27-19-22-21-18(28-19)20-17(24)14-6-8-15(9-7-14)23-29(25,26)16-10-4-13(2)5-11-16/h4-11,23H,3,12H2,1-2H3,(H,20,21,24). The molecule has 29 heavy (non-hydrogen) atoms. The van der Waals surface area contributed by atoms with E-state index in [0.717, 1.165) is 22.1 Å². The second-order valence-corrected chi connectivity index (χ2v) is 10.2. The monoisotopic (exact) mass is 448 g/mol. The van der Waals surface area contributed by atoms with Crippen molar-refractivity contribution in [2.24, 2.45) is 0 Å². The first-order chi connectivity index (χ1) is 13.9. The maximum atomic E-state index is 12.4. The topological polar surface area (TPSA) is 101 Å². The number of nitrogens with zero attached hydrogens (tertiary/aromatic N) is 2. The second-order valence-electron chi connectivity index (χ2n) is 6.17. The smallest absolute Gasteiger partial charge is 0.261 e. The number of anilines is 2. The summed E-state index contributed by atoms with van der Waals surface area (Å²) in [6.45, 7) is 3.97. The number of benzene rings is 2. The highest BCUT2D eigenvalue weighted by molar-refractivity contribution is 8.01. The van der Waals surface area contributed by atoms with E-state index in [4.69, 9.17) is 0 Å². The quantitative estimate of drug-likeness (QED) is 0.391. The van der Waals surface area contributed by atoms with Gasteiger partial charge in [0.05, 0.1) is 4.90 Å². The lowest BCUT2D eigenvalue weighted by molar-refractivity contribution is 0.102. The van der Waals surface area contributed by atoms with Gasteiger partial charge in [0.25, 0.3) is 15.9 Å². The third kappa shape index (κ3) is 5.78. The molecule has 3 aromatic rings. The number of amides is 1. The predicted molar refractivity (Wildman–Crippen MR) is 117 cm³/mol. The van der Waals surface area contributed by atoms with Gasteiger partial charge in [0, 0.05) is 17.0 Å². The molecule has 2 aromatic carbocycles. The summed E-state index contributed by atoms with van der Waals surface area (Å²) in [4.78, 5) is 12.5. The normalized spacial score (nSPS) is 11.2. The van der Waals surface area contributed by atoms with Crippen LogP contribution in [0.25, 0.3) is 0 Å². The summed E-state index contributed by atoms with van der Waals surface area (Å²) in [5.74, 6) is 0.615. The highest BCUT2D eigenvalue weighted by Crippen LogP contribution is 2.26. The van der Waals surface area contributed by atoms with Crippen LogP contribution in [0.2, 0.25) is 0 Å². The lowest BCUT2D eigenvalue weighted by Crippen LogP contribution is -2.14. The van der Waals surface area contributed by atoms with Crippen LogP contribution < -0.4 is 10.0 Å². The summed E-state index contributed by atoms with van der Waals surface area (Å²) >= 11 is 2.92. The van der Waals surface area contributed by atoms with E-state index in [1.165, 1.54) is 11.3 Å². The van der Waals surface area contributed by atoms with Crippen molar-refractivity contribution in [2.75, 3.05) is 15.8 Å². The Morgan fingerprint density at radius 1 is 1.07 bits per heavy atom. The van der Waals surface area contributed by atoms with Crippen molar-refractivity contribution in [2.45, 2.75) is 29.5 Å². The molecule has 0 aliphatic carbocycles. The maximum absolute atomic E-state index is 12.4. The Bertz CT molecular complexity index is 1080. The van der Waals surface area contributed by atoms with Crippen LogP contribution in [0, 0.1) is 6.92 Å². The van der Waals surface area contributed by atoms with E-state index < -0.39 is 10.0 Å². The summed E-state index contributed by atoms with van der Waals surface area (Å²) < 4.78 is 28.2. The lowest BCUT2D eigenvalue weighted by Gasteiger charge is -2.09. The van der Waals surface area contributed by atoms with Gasteiger partial charge in [0.1, 0.15) is 0 Å². The molecule has 1 heterocycles. The third-order valence-electron chi connectivity index (χ3n) is 3.79. The molecule has 0 aliphatic heterocycles. The number of thioether (sulfide) groups is 1. The average molecular weight is 449 g/mol. The van der Waals surface area contributed by atoms with Gasteiger partial charge in [-0.2, -0.15) is 0 Å². The molecule has 3 rings (SSSR count). The van der Waals surface area contributed by atoms with Crippen molar-refractivity contribution in [1.82, 2.24) is 10.2 Å². The first kappa shape index (κ1) is 21.3. The second kappa shape index (κ2) is 9.38. The predicted octanol–water partition coefficient (Wildman–Crippen LogP) is 4.40. The zero-order chi connectivity index (χ0) is 20.9. The number of nitrogens with one attached hydrogen (secondary N) is 2. The number of aromatic nitrogens is 2. The number of rotatable bonds is 8. The van der Waals surface area contributed by atoms with Crippen molar-refractivity contribution < 1.29 is 13.2 Å². The van der Waals surface area contributed by atoms with Gasteiger partial charge in [-0.3, -0.25) is 14.8 Å². The molecule has 7 nitrogen and oxygen atoms in total. The van der Waals surface area contributed by atoms with E-state index >= 15 is 0 Å². The molecule has 1 amide bonds. The number of hydrogen-bond acceptors (Lipinski definition) is 7. The SMILES string of the molecule is CCCSc1nnc(NC(=O)c2ccc(NS(=O)(=O)c3ccc(C)cc3)cc2)s1. The Morgan fingerprint density at radius 2 is 1.76 bits per heavy atom. The van der Waals surface area contributed by atoms with E-state index in [-0.39, 0.29) is 10.8 Å². The number of carbonyl (C=O) groups excluding carboxylic acids is 1. The molecule has 0 aliphatic rings. The fourth-order valence-electron chi connectivity index (χ4n) is 2.30. The highest BCUT2D eigenvalue weighted by Gasteiger charge is 2.15. The van der Waals surface area contributed by atoms with Gasteiger partial charge in [-0.15, -0.1) is 10.2 Å². The number of hydrogen-bond donors (Lipinski definition) is 2. The molecular weight excluding hydrogens is 428 g/mol. The van der Waals surface area contributed by atoms with Gasteiger partial charge in [-0.1, -0.05) is 47.7 Å². The Labute approximate surface area is 178 Å². The van der Waals surface area contributed by atoms with Gasteiger partial charge >= 0.3 is 0 Å². The molecule has 1 aromatic heterocycles. The number of aryl methyl sites for hydroxylation is 1. The van der Waals surface area contributed by atoms with Crippen LogP contribution in [-0.4, -0.2) is 30.3 Å². The minimum Gasteiger partial charge on any atom is -0.296 e. The molecule has 0 spiro atoms. The fourth-order valence-corrected chi connectivity index (χ4v) is 5.03. The highest BCUT2D eigenvalue weighted by atomic mass is 32.2. The molecule has 0 atom stereocenters. The fraction of sp³-hybridized carbons (Fsp3) is 0.211. The Balaban J connectivity index is 1.64. The summed E-state index contributed by atoms with van der Waals surface area (Å²) in [7, 11) is -3.69. The number of carbonyl (C=O) groups is 1. The van der Waals surface area contributed by atoms with Crippen LogP contribution in [-0.2, 0) is 10.0 Å². The molecule has 10 heteroatoms. The van der Waals surface area contributed by atoms with Crippen LogP contribution >= 0.6 is 23.1 Å². The first-order valence-corrected chi connectivity index (χ1v) is 12.1. The zero-order valence-electron chi connectivity index (χ0n) is 15.9. The van der Waals surface area contributed by atoms with Gasteiger partial charge in [0.15, 0.2) is 4.34 Å². The summed E-state index contributed by atoms with van der Waals surface area (Å²) in [5, 5.41) is 11.1. The van der Waals surface area contributed by atoms with E-state index in [1.54, 1.807) is 60.3 Å². The minimum atomic E-state index is -3.69. The molecule has 0 bridgehead atoms. The van der Waals surface area contributed by atoms with E-state index in [2.05, 4.69) is 27.2 Å². The molecule has 0 saturated carbocycles. The van der Waals surface area contributed by atoms with Crippen molar-refractivity contribution in [3.05, 3.63) is 59.7 Å². The summed E-state index contributed by atoms with van der Waals surface area (Å²) in [6.07, 6.45) is 1.03. The maximum Gasteiger partial charge on any atom is 0.261 e. The molecule has 2 N–H and O–H groups in total. The Hall–Kier alpha value is -2.43. The largest absolute Gasteiger partial charge is 0.296 e. The van der Waals surface area contributed by atoms with Crippen LogP contribution in [0.3, 0.4) is 0 Å². The van der Waals surface area contributed by atoms with Crippen LogP contribution in [0.1, 0.15) is 29.3 Å². The van der Waals surface area contributed by atoms with Crippen LogP contribution in [0.15, 0.2) is 57.8 Å². The molecule has 0 radical (unpaired) electrons. The van der Waals surface area contributed by atoms with Gasteiger partial charge in [-0.05, 0) is 49.7 Å². The van der Waals surface area contributed by atoms with Crippen molar-refractivity contribution >= 4 is 49.8 Å². The summed E-state index contributed by atoms with van der Waals surface area (Å²) in [6, 6.07) is 12.8.